The number of nitrogens with one attached hydrogen (secondary N) is 1. The van der Waals surface area contributed by atoms with Gasteiger partial charge in [0.2, 0.25) is 0 Å². The summed E-state index contributed by atoms with van der Waals surface area (Å²) in [7, 11) is 0. The summed E-state index contributed by atoms with van der Waals surface area (Å²) in [6.07, 6.45) is 7.25. The molecule has 4 nitrogen and oxygen atoms in total. The summed E-state index contributed by atoms with van der Waals surface area (Å²) in [4.78, 5) is 11.3. The van der Waals surface area contributed by atoms with E-state index in [1.807, 2.05) is 16.7 Å². The van der Waals surface area contributed by atoms with E-state index in [4.69, 9.17) is 0 Å². The van der Waals surface area contributed by atoms with Crippen LogP contribution < -0.4 is 0 Å². The Morgan fingerprint density at radius 1 is 1.31 bits per heavy atom. The number of imidazole rings is 1. The molecule has 0 unspecified atom stereocenters. The number of aromatic amines is 1. The van der Waals surface area contributed by atoms with Crippen molar-refractivity contribution < 1.29 is 0 Å². The summed E-state index contributed by atoms with van der Waals surface area (Å²) in [5.74, 6) is 0. The van der Waals surface area contributed by atoms with Gasteiger partial charge in [0.1, 0.15) is 0 Å². The molecular formula is C8H7ClN4. The second-order valence-electron chi connectivity index (χ2n) is 2.66. The molecule has 3 aromatic rings. The Morgan fingerprint density at radius 2 is 2.23 bits per heavy atom. The number of hydrogen-bond acceptors (Lipinski definition) is 2. The minimum absolute atomic E-state index is 0. The van der Waals surface area contributed by atoms with Gasteiger partial charge in [-0.2, -0.15) is 0 Å². The summed E-state index contributed by atoms with van der Waals surface area (Å²) in [5.41, 5.74) is 2.97. The van der Waals surface area contributed by atoms with Gasteiger partial charge in [-0.25, -0.2) is 9.97 Å². The number of hydrogen-bond donors (Lipinski definition) is 1. The van der Waals surface area contributed by atoms with Crippen LogP contribution in [0, 0.1) is 0 Å². The van der Waals surface area contributed by atoms with Crippen molar-refractivity contribution in [1.29, 1.82) is 0 Å². The highest BCUT2D eigenvalue weighted by atomic mass is 35.5. The van der Waals surface area contributed by atoms with Gasteiger partial charge in [0, 0.05) is 6.20 Å². The fraction of sp³-hybridized carbons (Fsp3) is 0. The molecule has 0 fully saturated rings. The maximum Gasteiger partial charge on any atom is 0.154 e. The Labute approximate surface area is 80.0 Å². The number of H-pyrrole nitrogens is 1. The standard InChI is InChI=1S/C8H6N4.ClH/c1-2-10-8-7(1)12-5-9-3-6(12)4-11-8;/h1-5,10H;1H. The van der Waals surface area contributed by atoms with Crippen LogP contribution in [0.1, 0.15) is 0 Å². The van der Waals surface area contributed by atoms with Crippen molar-refractivity contribution in [2.24, 2.45) is 0 Å². The van der Waals surface area contributed by atoms with Crippen LogP contribution in [0.25, 0.3) is 16.7 Å². The number of halogens is 1. The molecule has 0 aliphatic rings. The van der Waals surface area contributed by atoms with Gasteiger partial charge in [-0.3, -0.25) is 4.40 Å². The van der Waals surface area contributed by atoms with Crippen molar-refractivity contribution in [3.05, 3.63) is 31.0 Å². The maximum absolute atomic E-state index is 4.23. The minimum Gasteiger partial charge on any atom is -0.345 e. The van der Waals surface area contributed by atoms with E-state index in [1.54, 1.807) is 18.7 Å². The van der Waals surface area contributed by atoms with Gasteiger partial charge >= 0.3 is 0 Å². The molecule has 0 aromatic carbocycles. The van der Waals surface area contributed by atoms with Crippen molar-refractivity contribution >= 4 is 29.1 Å². The lowest BCUT2D eigenvalue weighted by Crippen LogP contribution is -1.85. The molecular weight excluding hydrogens is 188 g/mol. The number of nitrogens with zero attached hydrogens (tertiary/aromatic N) is 3. The third-order valence-electron chi connectivity index (χ3n) is 1.96. The first-order valence-electron chi connectivity index (χ1n) is 3.69. The molecule has 5 heteroatoms. The largest absolute Gasteiger partial charge is 0.345 e. The monoisotopic (exact) mass is 194 g/mol. The topological polar surface area (TPSA) is 46.0 Å². The average Bonchev–Trinajstić information content (AvgIpc) is 2.71. The Kier molecular flexibility index (Phi) is 1.70. The van der Waals surface area contributed by atoms with E-state index in [2.05, 4.69) is 15.0 Å². The van der Waals surface area contributed by atoms with Crippen LogP contribution >= 0.6 is 12.4 Å². The molecule has 13 heavy (non-hydrogen) atoms. The number of aromatic nitrogens is 4. The van der Waals surface area contributed by atoms with Crippen molar-refractivity contribution in [3.8, 4) is 0 Å². The summed E-state index contributed by atoms with van der Waals surface area (Å²) in [6, 6.07) is 1.98. The van der Waals surface area contributed by atoms with Crippen molar-refractivity contribution in [1.82, 2.24) is 19.4 Å². The molecule has 0 atom stereocenters. The third kappa shape index (κ3) is 0.990. The van der Waals surface area contributed by atoms with E-state index >= 15 is 0 Å². The molecule has 66 valence electrons. The smallest absolute Gasteiger partial charge is 0.154 e. The van der Waals surface area contributed by atoms with Crippen molar-refractivity contribution in [2.75, 3.05) is 0 Å². The van der Waals surface area contributed by atoms with E-state index in [9.17, 15) is 0 Å². The van der Waals surface area contributed by atoms with Gasteiger partial charge in [0.05, 0.1) is 29.8 Å². The van der Waals surface area contributed by atoms with Crippen LogP contribution in [0.2, 0.25) is 0 Å². The summed E-state index contributed by atoms with van der Waals surface area (Å²) in [5, 5.41) is 0. The van der Waals surface area contributed by atoms with Crippen LogP contribution in [0.15, 0.2) is 31.0 Å². The Morgan fingerprint density at radius 3 is 3.15 bits per heavy atom. The normalized spacial score (nSPS) is 10.5. The van der Waals surface area contributed by atoms with E-state index < -0.39 is 0 Å². The fourth-order valence-corrected chi connectivity index (χ4v) is 1.38. The van der Waals surface area contributed by atoms with Gasteiger partial charge in [0.25, 0.3) is 0 Å². The van der Waals surface area contributed by atoms with Crippen LogP contribution in [0.4, 0.5) is 0 Å². The third-order valence-corrected chi connectivity index (χ3v) is 1.96. The summed E-state index contributed by atoms with van der Waals surface area (Å²) >= 11 is 0. The van der Waals surface area contributed by atoms with Gasteiger partial charge in [-0.1, -0.05) is 0 Å². The quantitative estimate of drug-likeness (QED) is 0.591. The highest BCUT2D eigenvalue weighted by molar-refractivity contribution is 5.85. The lowest BCUT2D eigenvalue weighted by atomic mass is 10.5. The lowest BCUT2D eigenvalue weighted by Gasteiger charge is -1.93. The molecule has 3 rings (SSSR count). The second kappa shape index (κ2) is 2.74. The van der Waals surface area contributed by atoms with Crippen LogP contribution in [0.3, 0.4) is 0 Å². The zero-order valence-electron chi connectivity index (χ0n) is 6.64. The van der Waals surface area contributed by atoms with Crippen LogP contribution in [-0.4, -0.2) is 19.4 Å². The van der Waals surface area contributed by atoms with Gasteiger partial charge in [0.15, 0.2) is 5.65 Å². The molecule has 0 aliphatic heterocycles. The molecule has 1 N–H and O–H groups in total. The molecule has 0 saturated carbocycles. The SMILES string of the molecule is Cl.c1cc2c(ncc3cncn32)[nH]1. The van der Waals surface area contributed by atoms with Crippen LogP contribution in [0.5, 0.6) is 0 Å². The second-order valence-corrected chi connectivity index (χ2v) is 2.66. The van der Waals surface area contributed by atoms with Gasteiger partial charge in [-0.15, -0.1) is 12.4 Å². The van der Waals surface area contributed by atoms with Crippen molar-refractivity contribution in [3.63, 3.8) is 0 Å². The fourth-order valence-electron chi connectivity index (χ4n) is 1.38. The molecule has 0 aliphatic carbocycles. The van der Waals surface area contributed by atoms with E-state index in [0.717, 1.165) is 16.7 Å². The highest BCUT2D eigenvalue weighted by Gasteiger charge is 1.99. The molecule has 3 heterocycles. The molecule has 0 bridgehead atoms. The lowest BCUT2D eigenvalue weighted by molar-refractivity contribution is 1.18. The summed E-state index contributed by atoms with van der Waals surface area (Å²) in [6.45, 7) is 0. The minimum atomic E-state index is 0. The number of rotatable bonds is 0. The maximum atomic E-state index is 4.23. The molecule has 0 radical (unpaired) electrons. The average molecular weight is 195 g/mol. The predicted molar refractivity (Wildman–Crippen MR) is 52.1 cm³/mol. The molecule has 3 aromatic heterocycles. The highest BCUT2D eigenvalue weighted by Crippen LogP contribution is 2.11. The van der Waals surface area contributed by atoms with E-state index in [0.29, 0.717) is 0 Å². The summed E-state index contributed by atoms with van der Waals surface area (Å²) < 4.78 is 2.00. The van der Waals surface area contributed by atoms with Crippen LogP contribution in [-0.2, 0) is 0 Å². The van der Waals surface area contributed by atoms with E-state index in [-0.39, 0.29) is 12.4 Å². The molecule has 0 amide bonds. The Hall–Kier alpha value is -1.55. The van der Waals surface area contributed by atoms with E-state index in [1.165, 1.54) is 0 Å². The first kappa shape index (κ1) is 8.07. The predicted octanol–water partition coefficient (Wildman–Crippen LogP) is 1.63. The Bertz CT molecular complexity index is 489. The first-order valence-corrected chi connectivity index (χ1v) is 3.69. The zero-order valence-corrected chi connectivity index (χ0v) is 7.45. The van der Waals surface area contributed by atoms with Gasteiger partial charge in [-0.05, 0) is 6.07 Å². The number of fused-ring (bicyclic) bond motifs is 3. The molecule has 0 spiro atoms. The first-order chi connectivity index (χ1) is 5.95. The van der Waals surface area contributed by atoms with Crippen molar-refractivity contribution in [2.45, 2.75) is 0 Å². The molecule has 0 saturated heterocycles. The van der Waals surface area contributed by atoms with Gasteiger partial charge < -0.3 is 4.98 Å². The zero-order chi connectivity index (χ0) is 7.97. The Balaban J connectivity index is 0.000000653.